The number of hydrogen-bond donors (Lipinski definition) is 1. The third-order valence-electron chi connectivity index (χ3n) is 3.42. The molecular weight excluding hydrogens is 281 g/mol. The van der Waals surface area contributed by atoms with Crippen LogP contribution in [0.2, 0.25) is 0 Å². The maximum atomic E-state index is 12.7. The lowest BCUT2D eigenvalue weighted by molar-refractivity contribution is -0.137. The Morgan fingerprint density at radius 2 is 2.05 bits per heavy atom. The normalized spacial score (nSPS) is 13.0. The Morgan fingerprint density at radius 3 is 2.57 bits per heavy atom. The summed E-state index contributed by atoms with van der Waals surface area (Å²) in [5, 5.41) is 0. The average molecular weight is 302 g/mol. The lowest BCUT2D eigenvalue weighted by Gasteiger charge is -2.29. The Labute approximate surface area is 122 Å². The van der Waals surface area contributed by atoms with Crippen LogP contribution in [0, 0.1) is 0 Å². The van der Waals surface area contributed by atoms with E-state index in [0.717, 1.165) is 12.1 Å². The molecule has 0 aliphatic rings. The van der Waals surface area contributed by atoms with Crippen molar-refractivity contribution in [2.24, 2.45) is 5.73 Å². The first-order valence-electron chi connectivity index (χ1n) is 6.98. The van der Waals surface area contributed by atoms with Crippen molar-refractivity contribution in [3.63, 3.8) is 0 Å². The molecule has 1 amide bonds. The van der Waals surface area contributed by atoms with Crippen LogP contribution >= 0.6 is 0 Å². The van der Waals surface area contributed by atoms with E-state index in [1.807, 2.05) is 6.92 Å². The molecule has 1 rings (SSSR count). The van der Waals surface area contributed by atoms with Crippen molar-refractivity contribution in [3.05, 3.63) is 35.4 Å². The van der Waals surface area contributed by atoms with Gasteiger partial charge in [0, 0.05) is 13.0 Å². The quantitative estimate of drug-likeness (QED) is 0.876. The molecular formula is C15H21F3N2O. The van der Waals surface area contributed by atoms with Gasteiger partial charge in [-0.2, -0.15) is 13.2 Å². The Kier molecular flexibility index (Phi) is 6.20. The second-order valence-corrected chi connectivity index (χ2v) is 4.87. The molecule has 118 valence electrons. The highest BCUT2D eigenvalue weighted by Crippen LogP contribution is 2.32. The van der Waals surface area contributed by atoms with Gasteiger partial charge in [-0.3, -0.25) is 4.79 Å². The standard InChI is InChI=1S/C15H21F3N2O/c1-3-20(14(21)8-5-9-19)11(2)12-6-4-7-13(10-12)15(16,17)18/h4,6-7,10-11H,3,5,8-9,19H2,1-2H3. The summed E-state index contributed by atoms with van der Waals surface area (Å²) in [6.45, 7) is 4.41. The molecule has 0 aliphatic heterocycles. The topological polar surface area (TPSA) is 46.3 Å². The van der Waals surface area contributed by atoms with Crippen LogP contribution in [0.4, 0.5) is 13.2 Å². The molecule has 1 unspecified atom stereocenters. The van der Waals surface area contributed by atoms with E-state index in [4.69, 9.17) is 5.73 Å². The molecule has 1 aromatic carbocycles. The number of rotatable bonds is 6. The fraction of sp³-hybridized carbons (Fsp3) is 0.533. The second-order valence-electron chi connectivity index (χ2n) is 4.87. The van der Waals surface area contributed by atoms with Crippen LogP contribution in [0.25, 0.3) is 0 Å². The maximum Gasteiger partial charge on any atom is 0.416 e. The number of nitrogens with two attached hydrogens (primary N) is 1. The molecule has 1 atom stereocenters. The van der Waals surface area contributed by atoms with Crippen LogP contribution in [0.5, 0.6) is 0 Å². The molecule has 2 N–H and O–H groups in total. The van der Waals surface area contributed by atoms with Gasteiger partial charge in [-0.1, -0.05) is 12.1 Å². The van der Waals surface area contributed by atoms with Crippen LogP contribution in [0.1, 0.15) is 43.9 Å². The van der Waals surface area contributed by atoms with Crippen molar-refractivity contribution in [2.75, 3.05) is 13.1 Å². The van der Waals surface area contributed by atoms with Gasteiger partial charge in [0.15, 0.2) is 0 Å². The summed E-state index contributed by atoms with van der Waals surface area (Å²) in [6, 6.07) is 4.71. The Balaban J connectivity index is 2.95. The first-order chi connectivity index (χ1) is 9.81. The second kappa shape index (κ2) is 7.45. The third kappa shape index (κ3) is 4.74. The van der Waals surface area contributed by atoms with E-state index in [9.17, 15) is 18.0 Å². The summed E-state index contributed by atoms with van der Waals surface area (Å²) in [7, 11) is 0. The largest absolute Gasteiger partial charge is 0.416 e. The molecule has 0 aliphatic carbocycles. The molecule has 0 spiro atoms. The molecule has 0 radical (unpaired) electrons. The van der Waals surface area contributed by atoms with Gasteiger partial charge >= 0.3 is 6.18 Å². The van der Waals surface area contributed by atoms with Crippen molar-refractivity contribution in [2.45, 2.75) is 38.9 Å². The maximum absolute atomic E-state index is 12.7. The van der Waals surface area contributed by atoms with Crippen LogP contribution in [-0.4, -0.2) is 23.9 Å². The summed E-state index contributed by atoms with van der Waals surface area (Å²) in [5.74, 6) is -0.0899. The van der Waals surface area contributed by atoms with Crippen LogP contribution in [-0.2, 0) is 11.0 Å². The third-order valence-corrected chi connectivity index (χ3v) is 3.42. The molecule has 0 heterocycles. The number of carbonyl (C=O) groups is 1. The van der Waals surface area contributed by atoms with Gasteiger partial charge in [0.05, 0.1) is 11.6 Å². The van der Waals surface area contributed by atoms with E-state index in [1.165, 1.54) is 6.07 Å². The van der Waals surface area contributed by atoms with Gasteiger partial charge in [-0.05, 0) is 44.5 Å². The Bertz CT molecular complexity index is 474. The van der Waals surface area contributed by atoms with Gasteiger partial charge in [0.2, 0.25) is 5.91 Å². The SMILES string of the molecule is CCN(C(=O)CCCN)C(C)c1cccc(C(F)(F)F)c1. The van der Waals surface area contributed by atoms with E-state index >= 15 is 0 Å². The van der Waals surface area contributed by atoms with Crippen LogP contribution in [0.15, 0.2) is 24.3 Å². The zero-order chi connectivity index (χ0) is 16.0. The number of alkyl halides is 3. The first-order valence-corrected chi connectivity index (χ1v) is 6.98. The number of carbonyl (C=O) groups excluding carboxylic acids is 1. The van der Waals surface area contributed by atoms with E-state index in [1.54, 1.807) is 17.9 Å². The zero-order valence-corrected chi connectivity index (χ0v) is 12.3. The Hall–Kier alpha value is -1.56. The average Bonchev–Trinajstić information content (AvgIpc) is 2.45. The summed E-state index contributed by atoms with van der Waals surface area (Å²) in [6.07, 6.45) is -3.49. The molecule has 0 saturated heterocycles. The Morgan fingerprint density at radius 1 is 1.38 bits per heavy atom. The lowest BCUT2D eigenvalue weighted by Crippen LogP contribution is -2.33. The highest BCUT2D eigenvalue weighted by molar-refractivity contribution is 5.76. The predicted molar refractivity (Wildman–Crippen MR) is 75.5 cm³/mol. The van der Waals surface area contributed by atoms with Gasteiger partial charge < -0.3 is 10.6 Å². The van der Waals surface area contributed by atoms with E-state index in [2.05, 4.69) is 0 Å². The molecule has 21 heavy (non-hydrogen) atoms. The van der Waals surface area contributed by atoms with Gasteiger partial charge in [0.1, 0.15) is 0 Å². The number of benzene rings is 1. The minimum Gasteiger partial charge on any atom is -0.336 e. The highest BCUT2D eigenvalue weighted by atomic mass is 19.4. The summed E-state index contributed by atoms with van der Waals surface area (Å²) >= 11 is 0. The minimum atomic E-state index is -4.38. The number of halogens is 3. The van der Waals surface area contributed by atoms with E-state index < -0.39 is 17.8 Å². The fourth-order valence-electron chi connectivity index (χ4n) is 2.22. The smallest absolute Gasteiger partial charge is 0.336 e. The molecule has 6 heteroatoms. The molecule has 0 aromatic heterocycles. The molecule has 1 aromatic rings. The molecule has 0 bridgehead atoms. The van der Waals surface area contributed by atoms with Gasteiger partial charge in [-0.15, -0.1) is 0 Å². The van der Waals surface area contributed by atoms with E-state index in [0.29, 0.717) is 31.5 Å². The van der Waals surface area contributed by atoms with Crippen molar-refractivity contribution in [3.8, 4) is 0 Å². The van der Waals surface area contributed by atoms with Crippen LogP contribution in [0.3, 0.4) is 0 Å². The number of hydrogen-bond acceptors (Lipinski definition) is 2. The van der Waals surface area contributed by atoms with Crippen molar-refractivity contribution in [1.29, 1.82) is 0 Å². The molecule has 0 fully saturated rings. The van der Waals surface area contributed by atoms with Crippen molar-refractivity contribution in [1.82, 2.24) is 4.90 Å². The zero-order valence-electron chi connectivity index (χ0n) is 12.3. The fourth-order valence-corrected chi connectivity index (χ4v) is 2.22. The summed E-state index contributed by atoms with van der Waals surface area (Å²) < 4.78 is 38.2. The summed E-state index contributed by atoms with van der Waals surface area (Å²) in [4.78, 5) is 13.7. The first kappa shape index (κ1) is 17.5. The number of nitrogens with zero attached hydrogens (tertiary/aromatic N) is 1. The van der Waals surface area contributed by atoms with E-state index in [-0.39, 0.29) is 5.91 Å². The predicted octanol–water partition coefficient (Wildman–Crippen LogP) is 3.35. The highest BCUT2D eigenvalue weighted by Gasteiger charge is 2.31. The minimum absolute atomic E-state index is 0.0899. The van der Waals surface area contributed by atoms with Gasteiger partial charge in [-0.25, -0.2) is 0 Å². The summed E-state index contributed by atoms with van der Waals surface area (Å²) in [5.41, 5.74) is 5.16. The van der Waals surface area contributed by atoms with Crippen LogP contribution < -0.4 is 5.73 Å². The van der Waals surface area contributed by atoms with Crippen molar-refractivity contribution >= 4 is 5.91 Å². The lowest BCUT2D eigenvalue weighted by atomic mass is 10.0. The van der Waals surface area contributed by atoms with Gasteiger partial charge in [0.25, 0.3) is 0 Å². The van der Waals surface area contributed by atoms with Crippen molar-refractivity contribution < 1.29 is 18.0 Å². The molecule has 0 saturated carbocycles. The number of amides is 1. The molecule has 3 nitrogen and oxygen atoms in total. The monoisotopic (exact) mass is 302 g/mol.